The Morgan fingerprint density at radius 1 is 1.11 bits per heavy atom. The van der Waals surface area contributed by atoms with Crippen molar-refractivity contribution in [2.75, 3.05) is 12.8 Å². The number of fused-ring (bicyclic) bond motifs is 3. The number of hydrogen-bond acceptors (Lipinski definition) is 5. The molecule has 136 valence electrons. The number of aromatic nitrogens is 4. The van der Waals surface area contributed by atoms with Crippen LogP contribution in [0.25, 0.3) is 22.4 Å². The fourth-order valence-electron chi connectivity index (χ4n) is 3.01. The molecule has 2 aromatic heterocycles. The molecule has 0 aliphatic carbocycles. The number of aryl methyl sites for hydroxylation is 1. The van der Waals surface area contributed by atoms with E-state index in [9.17, 15) is 9.59 Å². The van der Waals surface area contributed by atoms with Crippen molar-refractivity contribution >= 4 is 34.3 Å². The molecule has 0 aliphatic rings. The van der Waals surface area contributed by atoms with E-state index in [4.69, 9.17) is 0 Å². The third kappa shape index (κ3) is 2.87. The highest BCUT2D eigenvalue weighted by Gasteiger charge is 2.19. The molecule has 4 rings (SSSR count). The second kappa shape index (κ2) is 6.88. The van der Waals surface area contributed by atoms with Gasteiger partial charge < -0.3 is 5.32 Å². The molecule has 0 aliphatic heterocycles. The van der Waals surface area contributed by atoms with E-state index in [1.54, 1.807) is 17.7 Å². The highest BCUT2D eigenvalue weighted by atomic mass is 32.2. The zero-order valence-corrected chi connectivity index (χ0v) is 15.7. The molecule has 0 saturated carbocycles. The number of rotatable bonds is 4. The molecule has 8 heteroatoms. The van der Waals surface area contributed by atoms with Crippen molar-refractivity contribution in [2.24, 2.45) is 0 Å². The minimum absolute atomic E-state index is 0.103. The van der Waals surface area contributed by atoms with Crippen molar-refractivity contribution in [2.45, 2.75) is 12.1 Å². The number of nitrogens with one attached hydrogen (secondary N) is 1. The van der Waals surface area contributed by atoms with Crippen LogP contribution in [0.2, 0.25) is 0 Å². The van der Waals surface area contributed by atoms with Crippen molar-refractivity contribution in [1.82, 2.24) is 24.5 Å². The quantitative estimate of drug-likeness (QED) is 0.550. The normalized spacial score (nSPS) is 11.2. The average molecular weight is 379 g/mol. The van der Waals surface area contributed by atoms with Gasteiger partial charge in [0.25, 0.3) is 5.56 Å². The summed E-state index contributed by atoms with van der Waals surface area (Å²) in [7, 11) is 1.59. The van der Waals surface area contributed by atoms with Gasteiger partial charge in [0.05, 0.1) is 22.3 Å². The van der Waals surface area contributed by atoms with Crippen LogP contribution in [0.1, 0.15) is 5.56 Å². The van der Waals surface area contributed by atoms with Crippen molar-refractivity contribution in [3.8, 4) is 5.69 Å². The maximum atomic E-state index is 13.2. The van der Waals surface area contributed by atoms with E-state index in [2.05, 4.69) is 15.5 Å². The minimum Gasteiger partial charge on any atom is -0.358 e. The molecule has 0 fully saturated rings. The van der Waals surface area contributed by atoms with Crippen LogP contribution in [0, 0.1) is 6.92 Å². The smallest absolute Gasteiger partial charge is 0.267 e. The van der Waals surface area contributed by atoms with E-state index < -0.39 is 0 Å². The van der Waals surface area contributed by atoms with E-state index in [1.807, 2.05) is 53.8 Å². The molecule has 0 atom stereocenters. The largest absolute Gasteiger partial charge is 0.358 e. The van der Waals surface area contributed by atoms with Gasteiger partial charge in [0.15, 0.2) is 5.16 Å². The van der Waals surface area contributed by atoms with Crippen LogP contribution < -0.4 is 10.9 Å². The van der Waals surface area contributed by atoms with Gasteiger partial charge in [-0.25, -0.2) is 4.57 Å². The molecule has 27 heavy (non-hydrogen) atoms. The van der Waals surface area contributed by atoms with Crippen LogP contribution in [-0.2, 0) is 4.79 Å². The molecule has 2 heterocycles. The van der Waals surface area contributed by atoms with Crippen LogP contribution in [0.4, 0.5) is 0 Å². The second-order valence-corrected chi connectivity index (χ2v) is 6.97. The predicted octanol–water partition coefficient (Wildman–Crippen LogP) is 2.18. The van der Waals surface area contributed by atoms with Crippen molar-refractivity contribution < 1.29 is 4.79 Å². The van der Waals surface area contributed by atoms with Gasteiger partial charge in [0.1, 0.15) is 0 Å². The minimum atomic E-state index is -0.150. The van der Waals surface area contributed by atoms with Gasteiger partial charge in [-0.3, -0.25) is 14.0 Å². The number of carbonyl (C=O) groups is 1. The Hall–Kier alpha value is -3.13. The number of benzene rings is 2. The third-order valence-electron chi connectivity index (χ3n) is 4.36. The Balaban J connectivity index is 2.05. The van der Waals surface area contributed by atoms with Crippen LogP contribution in [0.3, 0.4) is 0 Å². The zero-order chi connectivity index (χ0) is 19.0. The Labute approximate surface area is 159 Å². The molecule has 7 nitrogen and oxygen atoms in total. The number of nitrogens with zero attached hydrogens (tertiary/aromatic N) is 4. The predicted molar refractivity (Wildman–Crippen MR) is 106 cm³/mol. The standard InChI is InChI=1S/C19H17N5O2S/c1-12-7-3-5-9-14(12)23-17(26)13-8-4-6-10-15(13)24-18(23)21-22-19(24)27-11-16(25)20-2/h3-10H,11H2,1-2H3,(H,20,25). The molecule has 4 aromatic rings. The average Bonchev–Trinajstić information content (AvgIpc) is 3.11. The number of thioether (sulfide) groups is 1. The maximum absolute atomic E-state index is 13.2. The van der Waals surface area contributed by atoms with Crippen LogP contribution in [0.5, 0.6) is 0 Å². The third-order valence-corrected chi connectivity index (χ3v) is 5.29. The summed E-state index contributed by atoms with van der Waals surface area (Å²) in [6.45, 7) is 1.95. The Morgan fingerprint density at radius 2 is 1.85 bits per heavy atom. The Kier molecular flexibility index (Phi) is 4.41. The number of para-hydroxylation sites is 2. The zero-order valence-electron chi connectivity index (χ0n) is 14.8. The molecular formula is C19H17N5O2S. The summed E-state index contributed by atoms with van der Waals surface area (Å²) in [6.07, 6.45) is 0. The Bertz CT molecular complexity index is 1230. The van der Waals surface area contributed by atoms with Gasteiger partial charge in [-0.2, -0.15) is 0 Å². The lowest BCUT2D eigenvalue weighted by molar-refractivity contribution is -0.118. The monoisotopic (exact) mass is 379 g/mol. The molecule has 2 aromatic carbocycles. The van der Waals surface area contributed by atoms with Crippen molar-refractivity contribution in [3.05, 3.63) is 64.4 Å². The highest BCUT2D eigenvalue weighted by molar-refractivity contribution is 7.99. The topological polar surface area (TPSA) is 81.3 Å². The second-order valence-electron chi connectivity index (χ2n) is 6.02. The fraction of sp³-hybridized carbons (Fsp3) is 0.158. The molecular weight excluding hydrogens is 362 g/mol. The lowest BCUT2D eigenvalue weighted by atomic mass is 10.2. The maximum Gasteiger partial charge on any atom is 0.267 e. The fourth-order valence-corrected chi connectivity index (χ4v) is 3.82. The van der Waals surface area contributed by atoms with E-state index in [0.29, 0.717) is 21.8 Å². The SMILES string of the molecule is CNC(=O)CSc1nnc2n(-c3ccccc3C)c(=O)c3ccccc3n12. The van der Waals surface area contributed by atoms with Gasteiger partial charge in [0.2, 0.25) is 11.7 Å². The van der Waals surface area contributed by atoms with Crippen LogP contribution in [-0.4, -0.2) is 37.9 Å². The number of amides is 1. The summed E-state index contributed by atoms with van der Waals surface area (Å²) >= 11 is 1.28. The molecule has 0 saturated heterocycles. The van der Waals surface area contributed by atoms with Gasteiger partial charge in [-0.1, -0.05) is 42.1 Å². The van der Waals surface area contributed by atoms with Crippen LogP contribution >= 0.6 is 11.8 Å². The molecule has 1 N–H and O–H groups in total. The molecule has 0 spiro atoms. The van der Waals surface area contributed by atoms with Gasteiger partial charge in [-0.05, 0) is 30.7 Å². The van der Waals surface area contributed by atoms with Crippen molar-refractivity contribution in [1.29, 1.82) is 0 Å². The first-order valence-corrected chi connectivity index (χ1v) is 9.38. The van der Waals surface area contributed by atoms with Gasteiger partial charge in [0, 0.05) is 7.05 Å². The van der Waals surface area contributed by atoms with Gasteiger partial charge in [-0.15, -0.1) is 10.2 Å². The highest BCUT2D eigenvalue weighted by Crippen LogP contribution is 2.23. The first-order valence-electron chi connectivity index (χ1n) is 8.40. The molecule has 0 radical (unpaired) electrons. The lowest BCUT2D eigenvalue weighted by Crippen LogP contribution is -2.22. The van der Waals surface area contributed by atoms with E-state index >= 15 is 0 Å². The molecule has 0 unspecified atom stereocenters. The van der Waals surface area contributed by atoms with Crippen LogP contribution in [0.15, 0.2) is 58.5 Å². The van der Waals surface area contributed by atoms with Gasteiger partial charge >= 0.3 is 0 Å². The first-order chi connectivity index (χ1) is 13.1. The number of hydrogen-bond donors (Lipinski definition) is 1. The molecule has 1 amide bonds. The summed E-state index contributed by atoms with van der Waals surface area (Å²) in [4.78, 5) is 24.9. The first kappa shape index (κ1) is 17.3. The van der Waals surface area contributed by atoms with E-state index in [-0.39, 0.29) is 17.2 Å². The summed E-state index contributed by atoms with van der Waals surface area (Å²) in [5.41, 5.74) is 2.28. The summed E-state index contributed by atoms with van der Waals surface area (Å²) in [6, 6.07) is 15.0. The Morgan fingerprint density at radius 3 is 2.63 bits per heavy atom. The number of carbonyl (C=O) groups excluding carboxylic acids is 1. The van der Waals surface area contributed by atoms with Crippen molar-refractivity contribution in [3.63, 3.8) is 0 Å². The molecule has 0 bridgehead atoms. The van der Waals surface area contributed by atoms with E-state index in [0.717, 1.165) is 11.3 Å². The summed E-state index contributed by atoms with van der Waals surface area (Å²) < 4.78 is 3.41. The lowest BCUT2D eigenvalue weighted by Gasteiger charge is -2.13. The summed E-state index contributed by atoms with van der Waals surface area (Å²) in [5.74, 6) is 0.537. The van der Waals surface area contributed by atoms with E-state index in [1.165, 1.54) is 11.8 Å². The summed E-state index contributed by atoms with van der Waals surface area (Å²) in [5, 5.41) is 12.2.